The molecule has 0 radical (unpaired) electrons. The Morgan fingerprint density at radius 3 is 2.60 bits per heavy atom. The molecule has 3 N–H and O–H groups in total. The third kappa shape index (κ3) is 4.65. The van der Waals surface area contributed by atoms with Crippen LogP contribution in [0.1, 0.15) is 53.0 Å². The molecule has 1 aliphatic heterocycles. The second-order valence-electron chi connectivity index (χ2n) is 7.89. The van der Waals surface area contributed by atoms with Gasteiger partial charge in [-0.15, -0.1) is 0 Å². The Morgan fingerprint density at radius 2 is 2.12 bits per heavy atom. The molecule has 1 aromatic rings. The van der Waals surface area contributed by atoms with Gasteiger partial charge in [-0.1, -0.05) is 0 Å². The predicted molar refractivity (Wildman–Crippen MR) is 93.1 cm³/mol. The summed E-state index contributed by atoms with van der Waals surface area (Å²) in [5.41, 5.74) is -0.925. The SMILES string of the molecule is CSCCC(C(=O)NC1CC(C)(C)N(O)C(C)(C)C1)[n+]1cc(=N)o[n-]1. The second kappa shape index (κ2) is 7.51. The minimum atomic E-state index is -0.506. The molecule has 142 valence electrons. The van der Waals surface area contributed by atoms with Crippen molar-refractivity contribution in [3.8, 4) is 0 Å². The number of nitrogens with zero attached hydrogens (tertiary/aromatic N) is 3. The van der Waals surface area contributed by atoms with E-state index in [2.05, 4.69) is 10.6 Å². The van der Waals surface area contributed by atoms with E-state index in [0.29, 0.717) is 19.3 Å². The summed E-state index contributed by atoms with van der Waals surface area (Å²) in [7, 11) is 0. The summed E-state index contributed by atoms with van der Waals surface area (Å²) in [6.45, 7) is 7.88. The lowest BCUT2D eigenvalue weighted by Gasteiger charge is -2.51. The van der Waals surface area contributed by atoms with Crippen molar-refractivity contribution in [2.24, 2.45) is 0 Å². The van der Waals surface area contributed by atoms with E-state index in [-0.39, 0.29) is 17.5 Å². The molecule has 2 rings (SSSR count). The first-order valence-corrected chi connectivity index (χ1v) is 9.84. The summed E-state index contributed by atoms with van der Waals surface area (Å²) in [5.74, 6) is 0.674. The normalized spacial score (nSPS) is 21.8. The Kier molecular flexibility index (Phi) is 6.01. The smallest absolute Gasteiger partial charge is 0.288 e. The van der Waals surface area contributed by atoms with Crippen molar-refractivity contribution in [1.82, 2.24) is 15.7 Å². The van der Waals surface area contributed by atoms with Gasteiger partial charge in [-0.25, -0.2) is 4.68 Å². The van der Waals surface area contributed by atoms with E-state index in [1.165, 1.54) is 15.9 Å². The fourth-order valence-electron chi connectivity index (χ4n) is 3.69. The summed E-state index contributed by atoms with van der Waals surface area (Å²) in [6, 6.07) is -0.547. The molecule has 0 aromatic carbocycles. The van der Waals surface area contributed by atoms with Crippen LogP contribution in [0.3, 0.4) is 0 Å². The molecular formula is C16H29N5O3S. The average Bonchev–Trinajstić information content (AvgIpc) is 2.91. The molecule has 1 unspecified atom stereocenters. The van der Waals surface area contributed by atoms with E-state index < -0.39 is 17.1 Å². The van der Waals surface area contributed by atoms with Gasteiger partial charge >= 0.3 is 0 Å². The van der Waals surface area contributed by atoms with Crippen molar-refractivity contribution >= 4 is 17.7 Å². The molecule has 1 aliphatic rings. The van der Waals surface area contributed by atoms with Crippen molar-refractivity contribution in [1.29, 1.82) is 5.41 Å². The topological polar surface area (TPSA) is 108 Å². The molecule has 25 heavy (non-hydrogen) atoms. The third-order valence-corrected chi connectivity index (χ3v) is 5.33. The van der Waals surface area contributed by atoms with Crippen molar-refractivity contribution in [3.63, 3.8) is 0 Å². The largest absolute Gasteiger partial charge is 0.487 e. The Morgan fingerprint density at radius 1 is 1.52 bits per heavy atom. The molecule has 1 atom stereocenters. The molecule has 1 amide bonds. The number of rotatable bonds is 6. The standard InChI is InChI=1S/C16H29N5O3S/c1-15(2)8-11(9-16(3,4)21(15)23)18-14(22)12(6-7-25-5)20-10-13(17)24-19-20/h10-12,17,23H,6-9H2,1-5H3,(H,18,22). The van der Waals surface area contributed by atoms with Gasteiger partial charge in [0.15, 0.2) is 0 Å². The molecule has 1 aromatic heterocycles. The lowest BCUT2D eigenvalue weighted by atomic mass is 9.79. The van der Waals surface area contributed by atoms with Gasteiger partial charge < -0.3 is 15.0 Å². The summed E-state index contributed by atoms with van der Waals surface area (Å²) in [5, 5.41) is 26.2. The molecule has 9 heteroatoms. The first-order chi connectivity index (χ1) is 11.6. The lowest BCUT2D eigenvalue weighted by Crippen LogP contribution is -2.64. The van der Waals surface area contributed by atoms with Crippen LogP contribution < -0.4 is 20.8 Å². The summed E-state index contributed by atoms with van der Waals surface area (Å²) in [4.78, 5) is 12.9. The van der Waals surface area contributed by atoms with E-state index in [9.17, 15) is 10.0 Å². The molecule has 0 saturated carbocycles. The quantitative estimate of drug-likeness (QED) is 0.639. The van der Waals surface area contributed by atoms with Gasteiger partial charge in [-0.2, -0.15) is 16.8 Å². The van der Waals surface area contributed by atoms with Crippen molar-refractivity contribution in [3.05, 3.63) is 11.8 Å². The molecule has 1 saturated heterocycles. The number of thioether (sulfide) groups is 1. The highest BCUT2D eigenvalue weighted by Gasteiger charge is 2.46. The number of hydroxylamine groups is 2. The highest BCUT2D eigenvalue weighted by molar-refractivity contribution is 7.98. The highest BCUT2D eigenvalue weighted by atomic mass is 32.2. The minimum absolute atomic E-state index is 0.0411. The van der Waals surface area contributed by atoms with Crippen LogP contribution in [0.15, 0.2) is 10.7 Å². The van der Waals surface area contributed by atoms with Crippen LogP contribution >= 0.6 is 11.8 Å². The van der Waals surface area contributed by atoms with Gasteiger partial charge in [0.2, 0.25) is 12.2 Å². The van der Waals surface area contributed by atoms with E-state index in [4.69, 9.17) is 9.93 Å². The number of aromatic nitrogens is 2. The van der Waals surface area contributed by atoms with Crippen LogP contribution in [0.4, 0.5) is 0 Å². The van der Waals surface area contributed by atoms with Crippen LogP contribution in [0, 0.1) is 5.41 Å². The maximum Gasteiger partial charge on any atom is 0.288 e. The molecule has 0 spiro atoms. The van der Waals surface area contributed by atoms with Gasteiger partial charge in [0.25, 0.3) is 11.5 Å². The molecule has 0 bridgehead atoms. The van der Waals surface area contributed by atoms with E-state index in [1.807, 2.05) is 34.0 Å². The zero-order valence-corrected chi connectivity index (χ0v) is 16.4. The Bertz CT molecular complexity index is 636. The van der Waals surface area contributed by atoms with Gasteiger partial charge in [0.1, 0.15) is 0 Å². The van der Waals surface area contributed by atoms with Crippen LogP contribution in [-0.2, 0) is 4.79 Å². The van der Waals surface area contributed by atoms with Gasteiger partial charge in [0.05, 0.1) is 0 Å². The average molecular weight is 372 g/mol. The molecule has 2 heterocycles. The molecule has 8 nitrogen and oxygen atoms in total. The number of piperidine rings is 1. The first-order valence-electron chi connectivity index (χ1n) is 8.45. The fraction of sp³-hybridized carbons (Fsp3) is 0.812. The van der Waals surface area contributed by atoms with E-state index >= 15 is 0 Å². The molecule has 0 aliphatic carbocycles. The number of carbonyl (C=O) groups excluding carboxylic acids is 1. The van der Waals surface area contributed by atoms with E-state index in [0.717, 1.165) is 5.75 Å². The fourth-order valence-corrected chi connectivity index (χ4v) is 4.15. The van der Waals surface area contributed by atoms with Crippen LogP contribution in [0.5, 0.6) is 0 Å². The van der Waals surface area contributed by atoms with Gasteiger partial charge in [-0.3, -0.25) is 15.5 Å². The zero-order valence-electron chi connectivity index (χ0n) is 15.6. The maximum absolute atomic E-state index is 12.9. The number of amides is 1. The Balaban J connectivity index is 2.13. The van der Waals surface area contributed by atoms with Crippen molar-refractivity contribution in [2.45, 2.75) is 70.1 Å². The number of nitrogens with one attached hydrogen (secondary N) is 2. The Labute approximate surface area is 152 Å². The Hall–Kier alpha value is -1.32. The van der Waals surface area contributed by atoms with Crippen LogP contribution in [-0.4, -0.2) is 45.3 Å². The third-order valence-electron chi connectivity index (χ3n) is 4.69. The monoisotopic (exact) mass is 371 g/mol. The summed E-state index contributed by atoms with van der Waals surface area (Å²) < 4.78 is 6.22. The number of carbonyl (C=O) groups is 1. The maximum atomic E-state index is 12.9. The van der Waals surface area contributed by atoms with Crippen LogP contribution in [0.2, 0.25) is 0 Å². The minimum Gasteiger partial charge on any atom is -0.487 e. The van der Waals surface area contributed by atoms with Crippen molar-refractivity contribution in [2.75, 3.05) is 12.0 Å². The van der Waals surface area contributed by atoms with E-state index in [1.54, 1.807) is 11.8 Å². The molecule has 1 fully saturated rings. The van der Waals surface area contributed by atoms with Gasteiger partial charge in [-0.05, 0) is 52.5 Å². The van der Waals surface area contributed by atoms with Crippen LogP contribution in [0.25, 0.3) is 0 Å². The van der Waals surface area contributed by atoms with Crippen molar-refractivity contribution < 1.29 is 19.2 Å². The summed E-state index contributed by atoms with van der Waals surface area (Å²) >= 11 is 1.66. The van der Waals surface area contributed by atoms with Gasteiger partial charge in [0, 0.05) is 23.5 Å². The predicted octanol–water partition coefficient (Wildman–Crippen LogP) is 0.825. The number of hydrogen-bond donors (Lipinski definition) is 3. The highest BCUT2D eigenvalue weighted by Crippen LogP contribution is 2.36. The number of hydrogen-bond acceptors (Lipinski definition) is 6. The zero-order chi connectivity index (χ0) is 18.8. The first kappa shape index (κ1) is 20.0. The summed E-state index contributed by atoms with van der Waals surface area (Å²) in [6.07, 6.45) is 5.33. The second-order valence-corrected chi connectivity index (χ2v) is 8.88. The lowest BCUT2D eigenvalue weighted by molar-refractivity contribution is -0.778. The molecular weight excluding hydrogens is 342 g/mol.